The Morgan fingerprint density at radius 1 is 1.56 bits per heavy atom. The highest BCUT2D eigenvalue weighted by Crippen LogP contribution is 2.51. The van der Waals surface area contributed by atoms with Gasteiger partial charge in [0.25, 0.3) is 0 Å². The first-order valence-corrected chi connectivity index (χ1v) is 6.24. The molecular formula is C13H13ClN2O2. The molecule has 1 aliphatic rings. The van der Waals surface area contributed by atoms with Crippen molar-refractivity contribution in [1.82, 2.24) is 9.78 Å². The quantitative estimate of drug-likeness (QED) is 0.927. The van der Waals surface area contributed by atoms with Crippen molar-refractivity contribution in [3.8, 4) is 0 Å². The molecule has 0 aliphatic heterocycles. The minimum absolute atomic E-state index is 0.181. The van der Waals surface area contributed by atoms with Crippen molar-refractivity contribution >= 4 is 28.5 Å². The molecule has 0 radical (unpaired) electrons. The molecule has 0 saturated heterocycles. The van der Waals surface area contributed by atoms with Gasteiger partial charge in [-0.05, 0) is 30.5 Å². The summed E-state index contributed by atoms with van der Waals surface area (Å²) in [4.78, 5) is 10.9. The van der Waals surface area contributed by atoms with E-state index >= 15 is 0 Å². The largest absolute Gasteiger partial charge is 0.481 e. The Balaban J connectivity index is 2.09. The number of nitrogens with zero attached hydrogens (tertiary/aromatic N) is 2. The maximum absolute atomic E-state index is 10.9. The zero-order chi connectivity index (χ0) is 12.9. The number of aromatic nitrogens is 2. The van der Waals surface area contributed by atoms with Crippen LogP contribution < -0.4 is 0 Å². The smallest absolute Gasteiger partial charge is 0.304 e. The van der Waals surface area contributed by atoms with Crippen molar-refractivity contribution in [2.24, 2.45) is 7.05 Å². The predicted molar refractivity (Wildman–Crippen MR) is 68.9 cm³/mol. The number of carboxylic acids is 1. The van der Waals surface area contributed by atoms with Crippen LogP contribution in [0.5, 0.6) is 0 Å². The lowest BCUT2D eigenvalue weighted by Gasteiger charge is -2.13. The van der Waals surface area contributed by atoms with Gasteiger partial charge in [0.15, 0.2) is 5.15 Å². The molecule has 1 fully saturated rings. The van der Waals surface area contributed by atoms with Gasteiger partial charge >= 0.3 is 5.97 Å². The second-order valence-corrected chi connectivity index (χ2v) is 5.36. The predicted octanol–water partition coefficient (Wildman–Crippen LogP) is 2.73. The van der Waals surface area contributed by atoms with E-state index in [9.17, 15) is 4.79 Å². The fraction of sp³-hybridized carbons (Fsp3) is 0.385. The molecule has 4 nitrogen and oxygen atoms in total. The molecule has 0 bridgehead atoms. The second kappa shape index (κ2) is 3.72. The number of rotatable bonds is 3. The van der Waals surface area contributed by atoms with E-state index in [1.807, 2.05) is 25.2 Å². The zero-order valence-electron chi connectivity index (χ0n) is 9.98. The van der Waals surface area contributed by atoms with E-state index in [1.165, 1.54) is 0 Å². The number of benzene rings is 1. The van der Waals surface area contributed by atoms with Crippen molar-refractivity contribution in [2.45, 2.75) is 24.7 Å². The van der Waals surface area contributed by atoms with E-state index in [-0.39, 0.29) is 11.8 Å². The molecule has 1 aliphatic carbocycles. The maximum Gasteiger partial charge on any atom is 0.304 e. The number of hydrogen-bond acceptors (Lipinski definition) is 2. The van der Waals surface area contributed by atoms with Gasteiger partial charge in [0.2, 0.25) is 0 Å². The van der Waals surface area contributed by atoms with Crippen LogP contribution in [0, 0.1) is 0 Å². The highest BCUT2D eigenvalue weighted by Gasteiger charge is 2.46. The number of aryl methyl sites for hydroxylation is 1. The topological polar surface area (TPSA) is 55.1 Å². The van der Waals surface area contributed by atoms with Crippen LogP contribution in [0.2, 0.25) is 5.15 Å². The van der Waals surface area contributed by atoms with E-state index in [0.29, 0.717) is 5.15 Å². The molecule has 18 heavy (non-hydrogen) atoms. The Bertz CT molecular complexity index is 644. The van der Waals surface area contributed by atoms with Gasteiger partial charge in [-0.15, -0.1) is 0 Å². The summed E-state index contributed by atoms with van der Waals surface area (Å²) in [7, 11) is 1.85. The zero-order valence-corrected chi connectivity index (χ0v) is 10.7. The third-order valence-corrected chi connectivity index (χ3v) is 4.04. The highest BCUT2D eigenvalue weighted by atomic mass is 35.5. The van der Waals surface area contributed by atoms with Gasteiger partial charge in [0.1, 0.15) is 0 Å². The lowest BCUT2D eigenvalue weighted by molar-refractivity contribution is -0.137. The second-order valence-electron chi connectivity index (χ2n) is 5.00. The van der Waals surface area contributed by atoms with Gasteiger partial charge in [-0.1, -0.05) is 17.7 Å². The van der Waals surface area contributed by atoms with Crippen LogP contribution in [-0.4, -0.2) is 20.9 Å². The lowest BCUT2D eigenvalue weighted by atomic mass is 9.92. The summed E-state index contributed by atoms with van der Waals surface area (Å²) in [5, 5.41) is 14.5. The van der Waals surface area contributed by atoms with Crippen LogP contribution in [-0.2, 0) is 17.3 Å². The number of carbonyl (C=O) groups is 1. The average molecular weight is 265 g/mol. The van der Waals surface area contributed by atoms with Crippen molar-refractivity contribution in [3.05, 3.63) is 28.9 Å². The molecule has 0 amide bonds. The van der Waals surface area contributed by atoms with Crippen LogP contribution in [0.1, 0.15) is 24.8 Å². The summed E-state index contributed by atoms with van der Waals surface area (Å²) >= 11 is 6.08. The van der Waals surface area contributed by atoms with Gasteiger partial charge in [0.05, 0.1) is 11.9 Å². The fourth-order valence-corrected chi connectivity index (χ4v) is 2.83. The van der Waals surface area contributed by atoms with Gasteiger partial charge in [-0.25, -0.2) is 0 Å². The normalized spacial score (nSPS) is 17.0. The third kappa shape index (κ3) is 1.68. The van der Waals surface area contributed by atoms with Crippen molar-refractivity contribution in [2.75, 3.05) is 0 Å². The van der Waals surface area contributed by atoms with E-state index in [0.717, 1.165) is 29.3 Å². The molecule has 1 aromatic carbocycles. The number of carboxylic acid groups (broad SMARTS) is 1. The Morgan fingerprint density at radius 2 is 2.28 bits per heavy atom. The lowest BCUT2D eigenvalue weighted by Crippen LogP contribution is -2.12. The van der Waals surface area contributed by atoms with Crippen molar-refractivity contribution in [3.63, 3.8) is 0 Å². The molecule has 0 atom stereocenters. The summed E-state index contributed by atoms with van der Waals surface area (Å²) in [6.45, 7) is 0. The third-order valence-electron chi connectivity index (χ3n) is 3.76. The number of halogens is 1. The molecule has 1 saturated carbocycles. The number of hydrogen-bond donors (Lipinski definition) is 1. The monoisotopic (exact) mass is 264 g/mol. The number of fused-ring (bicyclic) bond motifs is 1. The van der Waals surface area contributed by atoms with E-state index in [1.54, 1.807) is 4.68 Å². The molecule has 1 aromatic heterocycles. The first-order valence-electron chi connectivity index (χ1n) is 5.86. The molecule has 2 aromatic rings. The summed E-state index contributed by atoms with van der Waals surface area (Å²) < 4.78 is 1.73. The Hall–Kier alpha value is -1.55. The van der Waals surface area contributed by atoms with Gasteiger partial charge in [0, 0.05) is 17.8 Å². The van der Waals surface area contributed by atoms with E-state index in [4.69, 9.17) is 16.7 Å². The summed E-state index contributed by atoms with van der Waals surface area (Å²) in [6, 6.07) is 5.95. The number of aliphatic carboxylic acids is 1. The van der Waals surface area contributed by atoms with Crippen LogP contribution >= 0.6 is 11.6 Å². The molecule has 0 spiro atoms. The summed E-state index contributed by atoms with van der Waals surface area (Å²) in [5.41, 5.74) is 1.85. The molecule has 3 rings (SSSR count). The van der Waals surface area contributed by atoms with Crippen molar-refractivity contribution in [1.29, 1.82) is 0 Å². The minimum Gasteiger partial charge on any atom is -0.481 e. The van der Waals surface area contributed by atoms with Gasteiger partial charge in [-0.3, -0.25) is 9.48 Å². The molecule has 94 valence electrons. The standard InChI is InChI=1S/C13H13ClN2O2/c1-16-10-3-2-8(6-9(10)12(14)15-16)13(4-5-13)7-11(17)18/h2-3,6H,4-5,7H2,1H3,(H,17,18). The average Bonchev–Trinajstić information content (AvgIpc) is 3.02. The minimum atomic E-state index is -0.745. The molecular weight excluding hydrogens is 252 g/mol. The molecule has 5 heteroatoms. The van der Waals surface area contributed by atoms with Crippen LogP contribution in [0.15, 0.2) is 18.2 Å². The van der Waals surface area contributed by atoms with Crippen molar-refractivity contribution < 1.29 is 9.90 Å². The molecule has 1 N–H and O–H groups in total. The first-order chi connectivity index (χ1) is 8.52. The van der Waals surface area contributed by atoms with Crippen LogP contribution in [0.3, 0.4) is 0 Å². The van der Waals surface area contributed by atoms with Gasteiger partial charge in [-0.2, -0.15) is 5.10 Å². The van der Waals surface area contributed by atoms with Crippen LogP contribution in [0.25, 0.3) is 10.9 Å². The van der Waals surface area contributed by atoms with E-state index in [2.05, 4.69) is 5.10 Å². The summed E-state index contributed by atoms with van der Waals surface area (Å²) in [6.07, 6.45) is 2.06. The highest BCUT2D eigenvalue weighted by molar-refractivity contribution is 6.34. The maximum atomic E-state index is 10.9. The SMILES string of the molecule is Cn1nc(Cl)c2cc(C3(CC(=O)O)CC3)ccc21. The molecule has 0 unspecified atom stereocenters. The van der Waals surface area contributed by atoms with Crippen LogP contribution in [0.4, 0.5) is 0 Å². The fourth-order valence-electron chi connectivity index (χ4n) is 2.56. The summed E-state index contributed by atoms with van der Waals surface area (Å²) in [5.74, 6) is -0.745. The van der Waals surface area contributed by atoms with Gasteiger partial charge < -0.3 is 5.11 Å². The molecule has 1 heterocycles. The first kappa shape index (κ1) is 11.5. The van der Waals surface area contributed by atoms with E-state index < -0.39 is 5.97 Å². The Labute approximate surface area is 109 Å². The Kier molecular flexibility index (Phi) is 2.38. The Morgan fingerprint density at radius 3 is 2.89 bits per heavy atom.